The maximum Gasteiger partial charge on any atom is 0.239 e. The van der Waals surface area contributed by atoms with Crippen LogP contribution < -0.4 is 11.1 Å². The lowest BCUT2D eigenvalue weighted by molar-refractivity contribution is -0.115. The Bertz CT molecular complexity index is 860. The number of benzene rings is 2. The van der Waals surface area contributed by atoms with Crippen LogP contribution in [0, 0.1) is 6.92 Å². The summed E-state index contributed by atoms with van der Waals surface area (Å²) in [5.41, 5.74) is 8.56. The Morgan fingerprint density at radius 1 is 1.30 bits per heavy atom. The molecule has 0 aliphatic carbocycles. The van der Waals surface area contributed by atoms with Crippen LogP contribution in [0.1, 0.15) is 12.5 Å². The third-order valence-corrected chi connectivity index (χ3v) is 5.34. The summed E-state index contributed by atoms with van der Waals surface area (Å²) < 4.78 is 1.08. The van der Waals surface area contributed by atoms with Crippen molar-refractivity contribution in [3.8, 4) is 0 Å². The molecule has 0 aliphatic heterocycles. The van der Waals surface area contributed by atoms with Gasteiger partial charge in [-0.15, -0.1) is 11.8 Å². The molecule has 0 radical (unpaired) electrons. The number of hydrogen-bond acceptors (Lipinski definition) is 5. The zero-order chi connectivity index (χ0) is 16.4. The van der Waals surface area contributed by atoms with E-state index in [-0.39, 0.29) is 11.2 Å². The Hall–Kier alpha value is -2.05. The zero-order valence-electron chi connectivity index (χ0n) is 12.9. The van der Waals surface area contributed by atoms with Gasteiger partial charge in [-0.25, -0.2) is 4.98 Å². The summed E-state index contributed by atoms with van der Waals surface area (Å²) in [6.45, 7) is 3.92. The van der Waals surface area contributed by atoms with E-state index in [1.165, 1.54) is 28.7 Å². The summed E-state index contributed by atoms with van der Waals surface area (Å²) in [5, 5.41) is 3.31. The molecular formula is C17H17N3OS2. The van der Waals surface area contributed by atoms with E-state index in [9.17, 15) is 4.79 Å². The van der Waals surface area contributed by atoms with Gasteiger partial charge in [0, 0.05) is 10.6 Å². The van der Waals surface area contributed by atoms with Gasteiger partial charge < -0.3 is 11.1 Å². The summed E-state index contributed by atoms with van der Waals surface area (Å²) in [5.74, 6) is -0.0618. The molecule has 3 rings (SSSR count). The number of anilines is 2. The first-order valence-corrected chi connectivity index (χ1v) is 8.91. The van der Waals surface area contributed by atoms with Gasteiger partial charge in [0.25, 0.3) is 0 Å². The molecule has 1 heterocycles. The molecule has 6 heteroatoms. The standard InChI is InChI=1S/C17H17N3OS2/c1-10-6-7-14-15(8-10)23-17(19-14)20-16(21)11(2)22-13-5-3-4-12(18)9-13/h3-9,11H,18H2,1-2H3,(H,19,20,21). The van der Waals surface area contributed by atoms with Crippen LogP contribution in [0.5, 0.6) is 0 Å². The van der Waals surface area contributed by atoms with E-state index >= 15 is 0 Å². The number of nitrogens with one attached hydrogen (secondary N) is 1. The fourth-order valence-electron chi connectivity index (χ4n) is 2.14. The van der Waals surface area contributed by atoms with Gasteiger partial charge in [0.2, 0.25) is 5.91 Å². The fraction of sp³-hybridized carbons (Fsp3) is 0.176. The number of nitrogens with zero attached hydrogens (tertiary/aromatic N) is 1. The van der Waals surface area contributed by atoms with E-state index in [0.29, 0.717) is 10.8 Å². The third-order valence-electron chi connectivity index (χ3n) is 3.31. The maximum absolute atomic E-state index is 12.3. The molecule has 0 bridgehead atoms. The summed E-state index contributed by atoms with van der Waals surface area (Å²) in [6, 6.07) is 13.6. The van der Waals surface area contributed by atoms with Crippen LogP contribution >= 0.6 is 23.1 Å². The molecule has 0 saturated heterocycles. The molecule has 2 aromatic carbocycles. The molecule has 0 saturated carbocycles. The van der Waals surface area contributed by atoms with Crippen molar-refractivity contribution >= 4 is 50.0 Å². The fourth-order valence-corrected chi connectivity index (χ4v) is 4.04. The molecule has 1 amide bonds. The Labute approximate surface area is 143 Å². The van der Waals surface area contributed by atoms with E-state index in [4.69, 9.17) is 5.73 Å². The van der Waals surface area contributed by atoms with Gasteiger partial charge in [0.1, 0.15) is 0 Å². The molecule has 23 heavy (non-hydrogen) atoms. The van der Waals surface area contributed by atoms with Crippen molar-refractivity contribution < 1.29 is 4.79 Å². The SMILES string of the molecule is Cc1ccc2nc(NC(=O)C(C)Sc3cccc(N)c3)sc2c1. The monoisotopic (exact) mass is 343 g/mol. The lowest BCUT2D eigenvalue weighted by Crippen LogP contribution is -2.22. The number of aromatic nitrogens is 1. The number of aryl methyl sites for hydroxylation is 1. The molecule has 3 aromatic rings. The number of carbonyl (C=O) groups is 1. The number of rotatable bonds is 4. The van der Waals surface area contributed by atoms with Crippen molar-refractivity contribution in [1.29, 1.82) is 0 Å². The van der Waals surface area contributed by atoms with Crippen LogP contribution in [0.3, 0.4) is 0 Å². The predicted molar refractivity (Wildman–Crippen MR) is 99.2 cm³/mol. The first-order valence-electron chi connectivity index (χ1n) is 7.21. The molecule has 0 spiro atoms. The van der Waals surface area contributed by atoms with Crippen molar-refractivity contribution in [2.24, 2.45) is 0 Å². The molecule has 1 unspecified atom stereocenters. The van der Waals surface area contributed by atoms with Gasteiger partial charge in [-0.3, -0.25) is 4.79 Å². The van der Waals surface area contributed by atoms with Crippen molar-refractivity contribution in [1.82, 2.24) is 4.98 Å². The quantitative estimate of drug-likeness (QED) is 0.547. The Balaban J connectivity index is 1.69. The Morgan fingerprint density at radius 3 is 2.91 bits per heavy atom. The maximum atomic E-state index is 12.3. The van der Waals surface area contributed by atoms with Crippen LogP contribution in [0.2, 0.25) is 0 Å². The number of carbonyl (C=O) groups excluding carboxylic acids is 1. The molecule has 3 N–H and O–H groups in total. The van der Waals surface area contributed by atoms with Crippen molar-refractivity contribution in [3.05, 3.63) is 48.0 Å². The Morgan fingerprint density at radius 2 is 2.13 bits per heavy atom. The van der Waals surface area contributed by atoms with Gasteiger partial charge in [-0.1, -0.05) is 23.5 Å². The second-order valence-corrected chi connectivity index (χ2v) is 7.76. The van der Waals surface area contributed by atoms with E-state index in [1.54, 1.807) is 0 Å². The lowest BCUT2D eigenvalue weighted by Gasteiger charge is -2.10. The second-order valence-electron chi connectivity index (χ2n) is 5.31. The van der Waals surface area contributed by atoms with E-state index in [2.05, 4.69) is 16.4 Å². The van der Waals surface area contributed by atoms with E-state index in [0.717, 1.165) is 15.1 Å². The number of hydrogen-bond donors (Lipinski definition) is 2. The average Bonchev–Trinajstić information content (AvgIpc) is 2.88. The molecule has 0 aliphatic rings. The summed E-state index contributed by atoms with van der Waals surface area (Å²) in [7, 11) is 0. The summed E-state index contributed by atoms with van der Waals surface area (Å²) in [6.07, 6.45) is 0. The van der Waals surface area contributed by atoms with Crippen molar-refractivity contribution in [2.75, 3.05) is 11.1 Å². The van der Waals surface area contributed by atoms with Crippen LogP contribution in [0.15, 0.2) is 47.4 Å². The number of fused-ring (bicyclic) bond motifs is 1. The minimum absolute atomic E-state index is 0.0618. The third kappa shape index (κ3) is 3.83. The molecule has 0 fully saturated rings. The highest BCUT2D eigenvalue weighted by molar-refractivity contribution is 8.00. The smallest absolute Gasteiger partial charge is 0.239 e. The van der Waals surface area contributed by atoms with Crippen LogP contribution in [-0.2, 0) is 4.79 Å². The molecule has 4 nitrogen and oxygen atoms in total. The number of nitrogen functional groups attached to an aromatic ring is 1. The topological polar surface area (TPSA) is 68.0 Å². The van der Waals surface area contributed by atoms with Gasteiger partial charge in [-0.05, 0) is 49.7 Å². The van der Waals surface area contributed by atoms with Crippen molar-refractivity contribution in [3.63, 3.8) is 0 Å². The highest BCUT2D eigenvalue weighted by Gasteiger charge is 2.16. The van der Waals surface area contributed by atoms with Crippen LogP contribution in [0.4, 0.5) is 10.8 Å². The molecular weight excluding hydrogens is 326 g/mol. The first kappa shape index (κ1) is 15.8. The number of nitrogens with two attached hydrogens (primary N) is 1. The number of thiazole rings is 1. The molecule has 1 atom stereocenters. The highest BCUT2D eigenvalue weighted by Crippen LogP contribution is 2.29. The van der Waals surface area contributed by atoms with Gasteiger partial charge in [0.15, 0.2) is 5.13 Å². The largest absolute Gasteiger partial charge is 0.399 e. The van der Waals surface area contributed by atoms with E-state index in [1.807, 2.05) is 50.2 Å². The van der Waals surface area contributed by atoms with Crippen LogP contribution in [0.25, 0.3) is 10.2 Å². The first-order chi connectivity index (χ1) is 11.0. The minimum atomic E-state index is -0.231. The number of thioether (sulfide) groups is 1. The summed E-state index contributed by atoms with van der Waals surface area (Å²) in [4.78, 5) is 17.8. The number of amides is 1. The summed E-state index contributed by atoms with van der Waals surface area (Å²) >= 11 is 2.97. The van der Waals surface area contributed by atoms with E-state index < -0.39 is 0 Å². The second kappa shape index (κ2) is 6.60. The van der Waals surface area contributed by atoms with Crippen molar-refractivity contribution in [2.45, 2.75) is 24.0 Å². The van der Waals surface area contributed by atoms with Gasteiger partial charge in [-0.2, -0.15) is 0 Å². The van der Waals surface area contributed by atoms with Crippen LogP contribution in [-0.4, -0.2) is 16.1 Å². The molecule has 1 aromatic heterocycles. The predicted octanol–water partition coefficient (Wildman–Crippen LogP) is 4.31. The molecule has 118 valence electrons. The van der Waals surface area contributed by atoms with Gasteiger partial charge in [0.05, 0.1) is 15.5 Å². The normalized spacial score (nSPS) is 12.3. The average molecular weight is 343 g/mol. The minimum Gasteiger partial charge on any atom is -0.399 e. The Kier molecular flexibility index (Phi) is 4.54. The highest BCUT2D eigenvalue weighted by atomic mass is 32.2. The zero-order valence-corrected chi connectivity index (χ0v) is 14.5. The lowest BCUT2D eigenvalue weighted by atomic mass is 10.2. The van der Waals surface area contributed by atoms with Gasteiger partial charge >= 0.3 is 0 Å².